The number of fused-ring (bicyclic) bond motifs is 1. The third-order valence-corrected chi connectivity index (χ3v) is 5.27. The smallest absolute Gasteiger partial charge is 0.237 e. The van der Waals surface area contributed by atoms with E-state index in [0.29, 0.717) is 5.69 Å². The first kappa shape index (κ1) is 13.4. The predicted octanol–water partition coefficient (Wildman–Crippen LogP) is 1.25. The minimum Gasteiger partial charge on any atom is -0.311 e. The number of hydrogen-bond acceptors (Lipinski definition) is 4. The molecule has 0 aliphatic carbocycles. The van der Waals surface area contributed by atoms with Crippen molar-refractivity contribution in [1.82, 2.24) is 9.78 Å². The van der Waals surface area contributed by atoms with E-state index in [2.05, 4.69) is 5.10 Å². The summed E-state index contributed by atoms with van der Waals surface area (Å²) in [4.78, 5) is 13.4. The van der Waals surface area contributed by atoms with Gasteiger partial charge in [0.05, 0.1) is 5.52 Å². The highest BCUT2D eigenvalue weighted by Gasteiger charge is 2.38. The van der Waals surface area contributed by atoms with E-state index in [4.69, 9.17) is 10.7 Å². The maximum absolute atomic E-state index is 12.0. The number of anilines is 1. The van der Waals surface area contributed by atoms with Gasteiger partial charge in [-0.05, 0) is 18.2 Å². The summed E-state index contributed by atoms with van der Waals surface area (Å²) >= 11 is 0. The number of nitrogens with zero attached hydrogens (tertiary/aromatic N) is 3. The maximum atomic E-state index is 12.0. The molecular formula is C12H12ClN3O3S. The molecule has 20 heavy (non-hydrogen) atoms. The van der Waals surface area contributed by atoms with Crippen LogP contribution >= 0.6 is 10.7 Å². The first-order valence-electron chi connectivity index (χ1n) is 6.02. The summed E-state index contributed by atoms with van der Waals surface area (Å²) in [5.41, 5.74) is 1.49. The molecule has 1 amide bonds. The zero-order valence-electron chi connectivity index (χ0n) is 10.7. The summed E-state index contributed by atoms with van der Waals surface area (Å²) in [5.74, 6) is -0.234. The van der Waals surface area contributed by atoms with Crippen molar-refractivity contribution < 1.29 is 13.2 Å². The molecule has 1 saturated heterocycles. The van der Waals surface area contributed by atoms with Crippen LogP contribution < -0.4 is 4.90 Å². The Kier molecular flexibility index (Phi) is 2.98. The molecule has 106 valence electrons. The van der Waals surface area contributed by atoms with Gasteiger partial charge < -0.3 is 4.90 Å². The van der Waals surface area contributed by atoms with E-state index in [-0.39, 0.29) is 18.9 Å². The third kappa shape index (κ3) is 2.27. The largest absolute Gasteiger partial charge is 0.311 e. The summed E-state index contributed by atoms with van der Waals surface area (Å²) in [5, 5.41) is 4.30. The second kappa shape index (κ2) is 4.46. The number of carbonyl (C=O) groups is 1. The summed E-state index contributed by atoms with van der Waals surface area (Å²) in [7, 11) is 3.43. The van der Waals surface area contributed by atoms with Gasteiger partial charge in [0.15, 0.2) is 0 Å². The topological polar surface area (TPSA) is 72.3 Å². The van der Waals surface area contributed by atoms with Crippen molar-refractivity contribution in [1.29, 1.82) is 0 Å². The molecule has 0 saturated carbocycles. The number of aromatic nitrogens is 2. The molecule has 0 radical (unpaired) electrons. The predicted molar refractivity (Wildman–Crippen MR) is 76.2 cm³/mol. The summed E-state index contributed by atoms with van der Waals surface area (Å²) in [6, 6.07) is 5.39. The van der Waals surface area contributed by atoms with Crippen LogP contribution in [-0.2, 0) is 20.9 Å². The molecule has 1 aliphatic heterocycles. The maximum Gasteiger partial charge on any atom is 0.237 e. The first-order valence-corrected chi connectivity index (χ1v) is 8.39. The van der Waals surface area contributed by atoms with Gasteiger partial charge in [-0.2, -0.15) is 5.10 Å². The molecule has 8 heteroatoms. The van der Waals surface area contributed by atoms with Crippen LogP contribution in [0, 0.1) is 0 Å². The molecule has 1 aliphatic rings. The summed E-state index contributed by atoms with van der Waals surface area (Å²) in [6.45, 7) is 0.0937. The van der Waals surface area contributed by atoms with Crippen LogP contribution in [0.3, 0.4) is 0 Å². The van der Waals surface area contributed by atoms with Gasteiger partial charge in [-0.25, -0.2) is 8.42 Å². The van der Waals surface area contributed by atoms with Crippen LogP contribution in [-0.4, -0.2) is 35.9 Å². The lowest BCUT2D eigenvalue weighted by Crippen LogP contribution is -2.26. The molecule has 2 aromatic rings. The number of benzene rings is 1. The normalized spacial score (nSPS) is 20.0. The van der Waals surface area contributed by atoms with Gasteiger partial charge in [0.2, 0.25) is 15.0 Å². The number of amides is 1. The molecule has 1 aromatic heterocycles. The molecule has 6 nitrogen and oxygen atoms in total. The van der Waals surface area contributed by atoms with Crippen molar-refractivity contribution in [2.24, 2.45) is 7.05 Å². The van der Waals surface area contributed by atoms with Gasteiger partial charge in [0, 0.05) is 48.0 Å². The molecule has 0 bridgehead atoms. The number of aryl methyl sites for hydroxylation is 1. The molecular weight excluding hydrogens is 302 g/mol. The lowest BCUT2D eigenvalue weighted by molar-refractivity contribution is -0.117. The second-order valence-electron chi connectivity index (χ2n) is 4.85. The third-order valence-electron chi connectivity index (χ3n) is 3.40. The lowest BCUT2D eigenvalue weighted by Gasteiger charge is -2.16. The fraction of sp³-hybridized carbons (Fsp3) is 0.333. The minimum atomic E-state index is -3.72. The monoisotopic (exact) mass is 313 g/mol. The lowest BCUT2D eigenvalue weighted by atomic mass is 10.2. The Bertz CT molecular complexity index is 799. The molecule has 1 fully saturated rings. The number of carbonyl (C=O) groups excluding carboxylic acids is 1. The van der Waals surface area contributed by atoms with Crippen molar-refractivity contribution in [3.63, 3.8) is 0 Å². The molecule has 1 atom stereocenters. The molecule has 0 N–H and O–H groups in total. The highest BCUT2D eigenvalue weighted by Crippen LogP contribution is 2.28. The molecule has 3 rings (SSSR count). The van der Waals surface area contributed by atoms with Crippen LogP contribution in [0.25, 0.3) is 10.9 Å². The average molecular weight is 314 g/mol. The molecule has 0 spiro atoms. The zero-order valence-corrected chi connectivity index (χ0v) is 12.2. The Labute approximate surface area is 120 Å². The molecule has 1 aromatic carbocycles. The van der Waals surface area contributed by atoms with Crippen molar-refractivity contribution >= 4 is 42.2 Å². The standard InChI is InChI=1S/C12H12ClN3O3S/c1-15-6-8-4-9(2-3-11(8)14-15)16-7-10(5-12(16)17)20(13,18)19/h2-4,6,10H,5,7H2,1H3. The van der Waals surface area contributed by atoms with Gasteiger partial charge in [0.1, 0.15) is 5.25 Å². The van der Waals surface area contributed by atoms with E-state index in [0.717, 1.165) is 10.9 Å². The SMILES string of the molecule is Cn1cc2cc(N3CC(S(=O)(=O)Cl)CC3=O)ccc2n1. The number of halogens is 1. The van der Waals surface area contributed by atoms with Gasteiger partial charge in [0.25, 0.3) is 0 Å². The van der Waals surface area contributed by atoms with Gasteiger partial charge in [-0.3, -0.25) is 9.48 Å². The van der Waals surface area contributed by atoms with Crippen LogP contribution in [0.4, 0.5) is 5.69 Å². The van der Waals surface area contributed by atoms with E-state index >= 15 is 0 Å². The Morgan fingerprint density at radius 2 is 2.15 bits per heavy atom. The summed E-state index contributed by atoms with van der Waals surface area (Å²) in [6.07, 6.45) is 1.77. The van der Waals surface area contributed by atoms with E-state index in [1.165, 1.54) is 4.90 Å². The Hall–Kier alpha value is -1.60. The number of rotatable bonds is 2. The Morgan fingerprint density at radius 1 is 1.40 bits per heavy atom. The summed E-state index contributed by atoms with van der Waals surface area (Å²) < 4.78 is 24.4. The van der Waals surface area contributed by atoms with Gasteiger partial charge >= 0.3 is 0 Å². The van der Waals surface area contributed by atoms with E-state index in [9.17, 15) is 13.2 Å². The van der Waals surface area contributed by atoms with E-state index < -0.39 is 14.3 Å². The van der Waals surface area contributed by atoms with Crippen LogP contribution in [0.15, 0.2) is 24.4 Å². The van der Waals surface area contributed by atoms with Crippen LogP contribution in [0.1, 0.15) is 6.42 Å². The first-order chi connectivity index (χ1) is 9.34. The van der Waals surface area contributed by atoms with Crippen LogP contribution in [0.5, 0.6) is 0 Å². The Balaban J connectivity index is 1.97. The highest BCUT2D eigenvalue weighted by atomic mass is 35.7. The van der Waals surface area contributed by atoms with E-state index in [1.807, 2.05) is 19.3 Å². The van der Waals surface area contributed by atoms with Gasteiger partial charge in [-0.15, -0.1) is 0 Å². The highest BCUT2D eigenvalue weighted by molar-refractivity contribution is 8.14. The quantitative estimate of drug-likeness (QED) is 0.782. The zero-order chi connectivity index (χ0) is 14.5. The second-order valence-corrected chi connectivity index (χ2v) is 7.76. The Morgan fingerprint density at radius 3 is 2.80 bits per heavy atom. The van der Waals surface area contributed by atoms with E-state index in [1.54, 1.807) is 16.8 Å². The van der Waals surface area contributed by atoms with Gasteiger partial charge in [-0.1, -0.05) is 0 Å². The minimum absolute atomic E-state index is 0.0725. The number of hydrogen-bond donors (Lipinski definition) is 0. The van der Waals surface area contributed by atoms with Crippen molar-refractivity contribution in [3.8, 4) is 0 Å². The van der Waals surface area contributed by atoms with Crippen molar-refractivity contribution in [2.45, 2.75) is 11.7 Å². The van der Waals surface area contributed by atoms with Crippen molar-refractivity contribution in [3.05, 3.63) is 24.4 Å². The fourth-order valence-electron chi connectivity index (χ4n) is 2.42. The molecule has 2 heterocycles. The van der Waals surface area contributed by atoms with Crippen LogP contribution in [0.2, 0.25) is 0 Å². The fourth-order valence-corrected chi connectivity index (χ4v) is 3.44. The van der Waals surface area contributed by atoms with Crippen molar-refractivity contribution in [2.75, 3.05) is 11.4 Å². The average Bonchev–Trinajstić information content (AvgIpc) is 2.89. The molecule has 1 unspecified atom stereocenters.